The average Bonchev–Trinajstić information content (AvgIpc) is 2.70. The number of amides is 1. The minimum Gasteiger partial charge on any atom is -0.493 e. The molecule has 0 N–H and O–H groups in total. The predicted molar refractivity (Wildman–Crippen MR) is 107 cm³/mol. The lowest BCUT2D eigenvalue weighted by molar-refractivity contribution is -0.118. The van der Waals surface area contributed by atoms with Crippen LogP contribution in [0.5, 0.6) is 17.2 Å². The zero-order chi connectivity index (χ0) is 19.4. The van der Waals surface area contributed by atoms with Gasteiger partial charge < -0.3 is 19.1 Å². The summed E-state index contributed by atoms with van der Waals surface area (Å²) in [6.07, 6.45) is 2.83. The van der Waals surface area contributed by atoms with E-state index in [1.54, 1.807) is 21.3 Å². The van der Waals surface area contributed by atoms with E-state index in [1.807, 2.05) is 35.2 Å². The van der Waals surface area contributed by atoms with Crippen LogP contribution < -0.4 is 19.1 Å². The molecule has 2 aromatic carbocycles. The molecule has 0 saturated carbocycles. The van der Waals surface area contributed by atoms with E-state index in [4.69, 9.17) is 25.8 Å². The number of halogens is 1. The maximum Gasteiger partial charge on any atom is 0.227 e. The van der Waals surface area contributed by atoms with Gasteiger partial charge in [-0.05, 0) is 54.7 Å². The smallest absolute Gasteiger partial charge is 0.227 e. The summed E-state index contributed by atoms with van der Waals surface area (Å²) in [7, 11) is 4.75. The number of carbonyl (C=O) groups is 1. The van der Waals surface area contributed by atoms with Crippen LogP contribution in [-0.2, 0) is 17.6 Å². The first-order valence-corrected chi connectivity index (χ1v) is 9.33. The average molecular weight is 390 g/mol. The van der Waals surface area contributed by atoms with Crippen molar-refractivity contribution in [2.24, 2.45) is 0 Å². The van der Waals surface area contributed by atoms with Gasteiger partial charge in [0.25, 0.3) is 0 Å². The zero-order valence-corrected chi connectivity index (χ0v) is 16.6. The highest BCUT2D eigenvalue weighted by Gasteiger charge is 2.23. The van der Waals surface area contributed by atoms with Gasteiger partial charge in [0.1, 0.15) is 0 Å². The van der Waals surface area contributed by atoms with Crippen LogP contribution in [0.3, 0.4) is 0 Å². The van der Waals surface area contributed by atoms with Crippen molar-refractivity contribution < 1.29 is 19.0 Å². The van der Waals surface area contributed by atoms with Crippen LogP contribution in [0.4, 0.5) is 5.69 Å². The molecule has 6 heteroatoms. The summed E-state index contributed by atoms with van der Waals surface area (Å²) >= 11 is 6.09. The van der Waals surface area contributed by atoms with Crippen LogP contribution in [0, 0.1) is 0 Å². The Labute approximate surface area is 164 Å². The Balaban J connectivity index is 1.77. The molecule has 0 spiro atoms. The number of hydrogen-bond acceptors (Lipinski definition) is 4. The molecule has 0 saturated heterocycles. The highest BCUT2D eigenvalue weighted by atomic mass is 35.5. The van der Waals surface area contributed by atoms with E-state index in [9.17, 15) is 4.79 Å². The van der Waals surface area contributed by atoms with Gasteiger partial charge in [-0.25, -0.2) is 0 Å². The normalized spacial score (nSPS) is 13.1. The lowest BCUT2D eigenvalue weighted by Crippen LogP contribution is -2.35. The molecule has 144 valence electrons. The fourth-order valence-corrected chi connectivity index (χ4v) is 3.76. The van der Waals surface area contributed by atoms with Gasteiger partial charge in [0, 0.05) is 23.7 Å². The van der Waals surface area contributed by atoms with Gasteiger partial charge in [-0.2, -0.15) is 0 Å². The van der Waals surface area contributed by atoms with Crippen molar-refractivity contribution in [3.63, 3.8) is 0 Å². The van der Waals surface area contributed by atoms with E-state index in [-0.39, 0.29) is 5.91 Å². The van der Waals surface area contributed by atoms with E-state index < -0.39 is 0 Å². The Morgan fingerprint density at radius 2 is 1.85 bits per heavy atom. The Morgan fingerprint density at radius 3 is 2.56 bits per heavy atom. The molecule has 1 aliphatic heterocycles. The van der Waals surface area contributed by atoms with Gasteiger partial charge in [0.2, 0.25) is 11.7 Å². The summed E-state index contributed by atoms with van der Waals surface area (Å²) in [5.41, 5.74) is 3.01. The third-order valence-electron chi connectivity index (χ3n) is 4.86. The van der Waals surface area contributed by atoms with Gasteiger partial charge in [0.05, 0.1) is 21.3 Å². The molecule has 1 aliphatic rings. The summed E-state index contributed by atoms with van der Waals surface area (Å²) in [6, 6.07) is 9.47. The minimum atomic E-state index is 0.0927. The van der Waals surface area contributed by atoms with Gasteiger partial charge in [-0.3, -0.25) is 4.79 Å². The molecule has 0 aliphatic carbocycles. The number of nitrogens with zero attached hydrogens (tertiary/aromatic N) is 1. The van der Waals surface area contributed by atoms with Gasteiger partial charge in [-0.15, -0.1) is 0 Å². The summed E-state index contributed by atoms with van der Waals surface area (Å²) in [4.78, 5) is 14.8. The zero-order valence-electron chi connectivity index (χ0n) is 15.9. The first-order chi connectivity index (χ1) is 13.1. The monoisotopic (exact) mass is 389 g/mol. The fourth-order valence-electron chi connectivity index (χ4n) is 3.56. The molecular formula is C21H24ClNO4. The van der Waals surface area contributed by atoms with Crippen LogP contribution in [0.1, 0.15) is 24.0 Å². The van der Waals surface area contributed by atoms with Crippen LogP contribution in [0.2, 0.25) is 5.02 Å². The van der Waals surface area contributed by atoms with Gasteiger partial charge in [0.15, 0.2) is 11.5 Å². The van der Waals surface area contributed by atoms with Crippen molar-refractivity contribution in [1.82, 2.24) is 0 Å². The van der Waals surface area contributed by atoms with Crippen LogP contribution in [0.25, 0.3) is 0 Å². The van der Waals surface area contributed by atoms with Crippen molar-refractivity contribution in [2.75, 3.05) is 32.8 Å². The second-order valence-corrected chi connectivity index (χ2v) is 6.85. The molecule has 1 heterocycles. The number of ether oxygens (including phenoxy) is 3. The second-order valence-electron chi connectivity index (χ2n) is 6.42. The summed E-state index contributed by atoms with van der Waals surface area (Å²) in [6.45, 7) is 0.733. The molecule has 0 atom stereocenters. The summed E-state index contributed by atoms with van der Waals surface area (Å²) < 4.78 is 16.2. The van der Waals surface area contributed by atoms with E-state index >= 15 is 0 Å². The van der Waals surface area contributed by atoms with E-state index in [1.165, 1.54) is 0 Å². The Hall–Kier alpha value is -2.40. The van der Waals surface area contributed by atoms with E-state index in [0.717, 1.165) is 36.2 Å². The lowest BCUT2D eigenvalue weighted by Gasteiger charge is -2.30. The molecule has 0 bridgehead atoms. The standard InChI is InChI=1S/C21H24ClNO4/c1-25-18-10-6-14(20(26-2)21(18)27-3)7-11-19(24)23-12-4-5-15-13-16(22)8-9-17(15)23/h6,8-10,13H,4-5,7,11-12H2,1-3H3. The summed E-state index contributed by atoms with van der Waals surface area (Å²) in [5, 5.41) is 0.707. The topological polar surface area (TPSA) is 48.0 Å². The van der Waals surface area contributed by atoms with Gasteiger partial charge in [-0.1, -0.05) is 17.7 Å². The van der Waals surface area contributed by atoms with Gasteiger partial charge >= 0.3 is 0 Å². The van der Waals surface area contributed by atoms with Crippen LogP contribution in [0.15, 0.2) is 30.3 Å². The first kappa shape index (κ1) is 19.4. The number of benzene rings is 2. The van der Waals surface area contributed by atoms with E-state index in [0.29, 0.717) is 35.1 Å². The number of aryl methyl sites for hydroxylation is 2. The molecule has 3 rings (SSSR count). The number of rotatable bonds is 6. The molecule has 5 nitrogen and oxygen atoms in total. The third-order valence-corrected chi connectivity index (χ3v) is 5.09. The minimum absolute atomic E-state index is 0.0927. The second kappa shape index (κ2) is 8.53. The molecular weight excluding hydrogens is 366 g/mol. The largest absolute Gasteiger partial charge is 0.493 e. The highest BCUT2D eigenvalue weighted by molar-refractivity contribution is 6.30. The Kier molecular flexibility index (Phi) is 6.11. The fraction of sp³-hybridized carbons (Fsp3) is 0.381. The molecule has 27 heavy (non-hydrogen) atoms. The lowest BCUT2D eigenvalue weighted by atomic mass is 10.0. The van der Waals surface area contributed by atoms with Crippen molar-refractivity contribution in [3.8, 4) is 17.2 Å². The maximum atomic E-state index is 12.9. The van der Waals surface area contributed by atoms with Crippen molar-refractivity contribution in [3.05, 3.63) is 46.5 Å². The maximum absolute atomic E-state index is 12.9. The number of anilines is 1. The van der Waals surface area contributed by atoms with Crippen molar-refractivity contribution in [2.45, 2.75) is 25.7 Å². The molecule has 0 fully saturated rings. The predicted octanol–water partition coefficient (Wildman–Crippen LogP) is 4.28. The van der Waals surface area contributed by atoms with Crippen molar-refractivity contribution in [1.29, 1.82) is 0 Å². The third kappa shape index (κ3) is 3.98. The van der Waals surface area contributed by atoms with Crippen LogP contribution in [-0.4, -0.2) is 33.8 Å². The number of fused-ring (bicyclic) bond motifs is 1. The van der Waals surface area contributed by atoms with Crippen LogP contribution >= 0.6 is 11.6 Å². The number of hydrogen-bond donors (Lipinski definition) is 0. The number of methoxy groups -OCH3 is 3. The van der Waals surface area contributed by atoms with Crippen molar-refractivity contribution >= 4 is 23.2 Å². The Bertz CT molecular complexity index is 837. The molecule has 0 unspecified atom stereocenters. The number of carbonyl (C=O) groups excluding carboxylic acids is 1. The molecule has 2 aromatic rings. The summed E-state index contributed by atoms with van der Waals surface area (Å²) in [5.74, 6) is 1.85. The van der Waals surface area contributed by atoms with E-state index in [2.05, 4.69) is 0 Å². The quantitative estimate of drug-likeness (QED) is 0.739. The molecule has 1 amide bonds. The molecule has 0 radical (unpaired) electrons. The first-order valence-electron chi connectivity index (χ1n) is 8.95. The Morgan fingerprint density at radius 1 is 1.07 bits per heavy atom. The SMILES string of the molecule is COc1ccc(CCC(=O)N2CCCc3cc(Cl)ccc32)c(OC)c1OC. The molecule has 0 aromatic heterocycles. The highest BCUT2D eigenvalue weighted by Crippen LogP contribution is 2.40.